The van der Waals surface area contributed by atoms with E-state index < -0.39 is 40.5 Å². The maximum absolute atomic E-state index is 13.0. The van der Waals surface area contributed by atoms with Gasteiger partial charge in [-0.3, -0.25) is 0 Å². The minimum atomic E-state index is -1.12. The van der Waals surface area contributed by atoms with Crippen molar-refractivity contribution in [3.8, 4) is 0 Å². The molecule has 6 nitrogen and oxygen atoms in total. The van der Waals surface area contributed by atoms with E-state index in [1.165, 1.54) is 38.9 Å². The maximum Gasteiger partial charge on any atom is 0.153 e. The van der Waals surface area contributed by atoms with Gasteiger partial charge in [0.15, 0.2) is 5.60 Å². The lowest BCUT2D eigenvalue weighted by atomic mass is 9.40. The molecule has 2 saturated heterocycles. The Kier molecular flexibility index (Phi) is 5.01. The molecule has 9 rings (SSSR count). The number of epoxide rings is 1. The first-order chi connectivity index (χ1) is 20.2. The molecule has 1 aromatic carbocycles. The lowest BCUT2D eigenvalue weighted by molar-refractivity contribution is -0.265. The number of hydrogen-bond donors (Lipinski definition) is 4. The van der Waals surface area contributed by atoms with Crippen molar-refractivity contribution < 1.29 is 24.8 Å². The summed E-state index contributed by atoms with van der Waals surface area (Å²) in [6.45, 7) is 19.1. The maximum atomic E-state index is 13.0. The van der Waals surface area contributed by atoms with Gasteiger partial charge in [0.25, 0.3) is 0 Å². The predicted molar refractivity (Wildman–Crippen MR) is 165 cm³/mol. The second kappa shape index (κ2) is 7.87. The zero-order valence-electron chi connectivity index (χ0n) is 26.3. The van der Waals surface area contributed by atoms with Gasteiger partial charge in [-0.05, 0) is 118 Å². The molecule has 0 radical (unpaired) electrons. The van der Waals surface area contributed by atoms with Crippen LogP contribution in [0.4, 0.5) is 0 Å². The van der Waals surface area contributed by atoms with E-state index in [9.17, 15) is 15.3 Å². The van der Waals surface area contributed by atoms with Crippen LogP contribution < -0.4 is 0 Å². The van der Waals surface area contributed by atoms with Crippen LogP contribution in [0, 0.1) is 23.2 Å². The highest BCUT2D eigenvalue weighted by atomic mass is 16.7. The summed E-state index contributed by atoms with van der Waals surface area (Å²) in [7, 11) is 0. The second-order valence-electron chi connectivity index (χ2n) is 16.6. The van der Waals surface area contributed by atoms with Crippen LogP contribution in [-0.4, -0.2) is 61.5 Å². The predicted octanol–water partition coefficient (Wildman–Crippen LogP) is 5.37. The molecule has 5 fully saturated rings. The molecule has 2 aromatic rings. The van der Waals surface area contributed by atoms with Crippen molar-refractivity contribution in [2.45, 2.75) is 132 Å². The summed E-state index contributed by atoms with van der Waals surface area (Å²) < 4.78 is 13.0. The molecule has 4 N–H and O–H groups in total. The normalized spacial score (nSPS) is 49.1. The van der Waals surface area contributed by atoms with Gasteiger partial charge >= 0.3 is 0 Å². The third-order valence-electron chi connectivity index (χ3n) is 14.6. The number of aromatic amines is 1. The number of ether oxygens (including phenoxy) is 2. The number of aliphatic hydroxyl groups excluding tert-OH is 1. The fourth-order valence-corrected chi connectivity index (χ4v) is 12.1. The fraction of sp³-hybridized carbons (Fsp3) is 0.676. The molecule has 43 heavy (non-hydrogen) atoms. The molecule has 3 heterocycles. The van der Waals surface area contributed by atoms with E-state index in [2.05, 4.69) is 44.1 Å². The van der Waals surface area contributed by atoms with Crippen molar-refractivity contribution in [1.82, 2.24) is 4.98 Å². The SMILES string of the molecule is C=C1Cc2ccc3[nH]c4c(c3c2C2C1CC2C(C)(C)O)C[C@@H]1CC[C@@]2(O)C35OC3C(O)C(C(=C)C)OC5CC[C@]2(C)[C@@]41C. The Hall–Kier alpha value is -1.96. The van der Waals surface area contributed by atoms with Crippen molar-refractivity contribution >= 4 is 10.9 Å². The van der Waals surface area contributed by atoms with E-state index in [1.54, 1.807) is 0 Å². The van der Waals surface area contributed by atoms with Crippen molar-refractivity contribution in [1.29, 1.82) is 0 Å². The molecule has 12 atom stereocenters. The smallest absolute Gasteiger partial charge is 0.153 e. The largest absolute Gasteiger partial charge is 0.390 e. The van der Waals surface area contributed by atoms with E-state index in [1.807, 2.05) is 20.8 Å². The van der Waals surface area contributed by atoms with Crippen molar-refractivity contribution in [2.75, 3.05) is 0 Å². The first-order valence-electron chi connectivity index (χ1n) is 16.6. The quantitative estimate of drug-likeness (QED) is 0.281. The summed E-state index contributed by atoms with van der Waals surface area (Å²) >= 11 is 0. The highest BCUT2D eigenvalue weighted by Crippen LogP contribution is 2.75. The van der Waals surface area contributed by atoms with Crippen molar-refractivity contribution in [3.05, 3.63) is 58.8 Å². The zero-order chi connectivity index (χ0) is 30.2. The van der Waals surface area contributed by atoms with Crippen LogP contribution in [0.5, 0.6) is 0 Å². The van der Waals surface area contributed by atoms with Crippen LogP contribution in [0.25, 0.3) is 10.9 Å². The monoisotopic (exact) mass is 585 g/mol. The third-order valence-corrected chi connectivity index (χ3v) is 14.6. The molecule has 6 heteroatoms. The highest BCUT2D eigenvalue weighted by Gasteiger charge is 2.86. The highest BCUT2D eigenvalue weighted by molar-refractivity contribution is 5.91. The summed E-state index contributed by atoms with van der Waals surface area (Å²) in [5, 5.41) is 36.9. The molecule has 0 amide bonds. The van der Waals surface area contributed by atoms with Crippen molar-refractivity contribution in [3.63, 3.8) is 0 Å². The number of allylic oxidation sites excluding steroid dienone is 1. The average molecular weight is 586 g/mol. The number of hydrogen-bond acceptors (Lipinski definition) is 5. The van der Waals surface area contributed by atoms with Gasteiger partial charge in [-0.25, -0.2) is 0 Å². The van der Waals surface area contributed by atoms with Gasteiger partial charge in [0.05, 0.1) is 11.7 Å². The molecule has 7 aliphatic rings. The summed E-state index contributed by atoms with van der Waals surface area (Å²) in [5.41, 5.74) is 5.30. The van der Waals surface area contributed by atoms with Gasteiger partial charge in [-0.15, -0.1) is 0 Å². The Bertz CT molecular complexity index is 1630. The van der Waals surface area contributed by atoms with Crippen LogP contribution in [0.1, 0.15) is 95.0 Å². The van der Waals surface area contributed by atoms with Crippen LogP contribution in [0.15, 0.2) is 36.4 Å². The molecule has 1 aromatic heterocycles. The van der Waals surface area contributed by atoms with Crippen LogP contribution >= 0.6 is 0 Å². The third kappa shape index (κ3) is 2.83. The number of H-pyrrole nitrogens is 1. The van der Waals surface area contributed by atoms with Crippen LogP contribution in [-0.2, 0) is 27.7 Å². The van der Waals surface area contributed by atoms with Crippen LogP contribution in [0.2, 0.25) is 0 Å². The fourth-order valence-electron chi connectivity index (χ4n) is 12.1. The number of nitrogens with one attached hydrogen (secondary N) is 1. The van der Waals surface area contributed by atoms with E-state index in [4.69, 9.17) is 9.47 Å². The van der Waals surface area contributed by atoms with E-state index >= 15 is 0 Å². The number of benzene rings is 1. The Morgan fingerprint density at radius 3 is 2.65 bits per heavy atom. The Morgan fingerprint density at radius 2 is 1.93 bits per heavy atom. The lowest BCUT2D eigenvalue weighted by Gasteiger charge is -2.66. The molecule has 1 spiro atoms. The molecule has 5 aliphatic carbocycles. The standard InChI is InChI=1S/C37H47NO5/c1-17(2)30-29(39)32-37(43-32)25(42-30)11-12-34(6)35(7)20(10-13-36(34,37)41)15-22-28-24(38-31(22)35)9-8-19-14-18(3)21-16-23(33(4,5)40)27(21)26(19)28/h8-9,20-21,23,25,27,29-30,32,38-41H,1,3,10-16H2,2,4-7H3/t20-,21?,23?,25?,27?,29?,30?,32?,34+,35+,36-,37?/m0/s1. The Morgan fingerprint density at radius 1 is 1.16 bits per heavy atom. The molecule has 2 aliphatic heterocycles. The number of fused-ring (bicyclic) bond motifs is 11. The summed E-state index contributed by atoms with van der Waals surface area (Å²) in [6.07, 6.45) is 4.13. The molecular formula is C37H47NO5. The molecule has 230 valence electrons. The minimum absolute atomic E-state index is 0.213. The Labute approximate surface area is 254 Å². The number of aliphatic hydroxyl groups is 3. The van der Waals surface area contributed by atoms with Gasteiger partial charge in [0, 0.05) is 27.4 Å². The van der Waals surface area contributed by atoms with E-state index in [0.717, 1.165) is 44.1 Å². The van der Waals surface area contributed by atoms with Gasteiger partial charge < -0.3 is 29.8 Å². The van der Waals surface area contributed by atoms with E-state index in [0.29, 0.717) is 24.2 Å². The van der Waals surface area contributed by atoms with Crippen LogP contribution in [0.3, 0.4) is 0 Å². The zero-order valence-corrected chi connectivity index (χ0v) is 26.3. The van der Waals surface area contributed by atoms with Gasteiger partial charge in [-0.2, -0.15) is 0 Å². The first kappa shape index (κ1) is 27.4. The topological polar surface area (TPSA) is 98.2 Å². The molecule has 0 bridgehead atoms. The number of aromatic nitrogens is 1. The summed E-state index contributed by atoms with van der Waals surface area (Å²) in [4.78, 5) is 3.97. The van der Waals surface area contributed by atoms with E-state index in [-0.39, 0.29) is 17.4 Å². The lowest BCUT2D eigenvalue weighted by Crippen LogP contribution is -2.76. The van der Waals surface area contributed by atoms with Gasteiger partial charge in [0.1, 0.15) is 23.9 Å². The van der Waals surface area contributed by atoms with Gasteiger partial charge in [0.2, 0.25) is 0 Å². The molecule has 3 saturated carbocycles. The molecular weight excluding hydrogens is 538 g/mol. The Balaban J connectivity index is 1.19. The average Bonchev–Trinajstić information content (AvgIpc) is 3.48. The first-order valence-corrected chi connectivity index (χ1v) is 16.6. The minimum Gasteiger partial charge on any atom is -0.390 e. The summed E-state index contributed by atoms with van der Waals surface area (Å²) in [5.74, 6) is 1.34. The second-order valence-corrected chi connectivity index (χ2v) is 16.6. The number of rotatable bonds is 2. The van der Waals surface area contributed by atoms with Crippen molar-refractivity contribution in [2.24, 2.45) is 23.2 Å². The van der Waals surface area contributed by atoms with Gasteiger partial charge in [-0.1, -0.05) is 38.6 Å². The summed E-state index contributed by atoms with van der Waals surface area (Å²) in [6, 6.07) is 4.54. The molecule has 8 unspecified atom stereocenters.